The molecule has 0 aliphatic heterocycles. The molecule has 0 aliphatic carbocycles. The molecule has 0 saturated heterocycles. The van der Waals surface area contributed by atoms with Gasteiger partial charge in [-0.15, -0.1) is 0 Å². The number of nitrogens with one attached hydrogen (secondary N) is 1. The molecule has 9 heteroatoms. The van der Waals surface area contributed by atoms with Crippen LogP contribution < -0.4 is 5.32 Å². The molecule has 0 aliphatic rings. The van der Waals surface area contributed by atoms with Gasteiger partial charge in [-0.2, -0.15) is 26.3 Å². The summed E-state index contributed by atoms with van der Waals surface area (Å²) in [6.45, 7) is 0.236. The predicted octanol–water partition coefficient (Wildman–Crippen LogP) is 3.97. The van der Waals surface area contributed by atoms with Crippen LogP contribution >= 0.6 is 0 Å². The third kappa shape index (κ3) is 4.41. The molecule has 2 rings (SSSR count). The van der Waals surface area contributed by atoms with E-state index in [-0.39, 0.29) is 12.1 Å². The first-order valence-corrected chi connectivity index (χ1v) is 7.75. The minimum absolute atomic E-state index is 0.126. The van der Waals surface area contributed by atoms with Gasteiger partial charge in [-0.25, -0.2) is 0 Å². The molecule has 2 aromatic rings. The number of hydrogen-bond acceptors (Lipinski definition) is 2. The summed E-state index contributed by atoms with van der Waals surface area (Å²) in [6, 6.07) is 11.6. The molecule has 0 aromatic heterocycles. The number of alkyl halides is 6. The topological polar surface area (TPSA) is 49.3 Å². The van der Waals surface area contributed by atoms with Gasteiger partial charge in [-0.3, -0.25) is 4.79 Å². The van der Waals surface area contributed by atoms with Crippen molar-refractivity contribution in [3.63, 3.8) is 0 Å². The first-order chi connectivity index (χ1) is 12.5. The molecule has 3 nitrogen and oxygen atoms in total. The quantitative estimate of drug-likeness (QED) is 0.758. The number of rotatable bonds is 5. The summed E-state index contributed by atoms with van der Waals surface area (Å²) in [7, 11) is 0. The van der Waals surface area contributed by atoms with E-state index in [4.69, 9.17) is 0 Å². The molecule has 146 valence electrons. The van der Waals surface area contributed by atoms with Gasteiger partial charge in [-0.1, -0.05) is 42.5 Å². The van der Waals surface area contributed by atoms with Gasteiger partial charge in [-0.05, 0) is 24.1 Å². The van der Waals surface area contributed by atoms with E-state index in [1.54, 1.807) is 0 Å². The number of halogens is 6. The average molecular weight is 391 g/mol. The molecule has 27 heavy (non-hydrogen) atoms. The van der Waals surface area contributed by atoms with Crippen molar-refractivity contribution in [1.82, 2.24) is 5.32 Å². The summed E-state index contributed by atoms with van der Waals surface area (Å²) in [4.78, 5) is 12.0. The Morgan fingerprint density at radius 1 is 0.852 bits per heavy atom. The van der Waals surface area contributed by atoms with Crippen molar-refractivity contribution in [3.8, 4) is 0 Å². The first-order valence-electron chi connectivity index (χ1n) is 7.75. The van der Waals surface area contributed by atoms with Gasteiger partial charge in [0.05, 0.1) is 0 Å². The van der Waals surface area contributed by atoms with Crippen LogP contribution in [0.25, 0.3) is 0 Å². The lowest BCUT2D eigenvalue weighted by molar-refractivity contribution is -0.376. The van der Waals surface area contributed by atoms with Crippen molar-refractivity contribution in [2.45, 2.75) is 24.4 Å². The lowest BCUT2D eigenvalue weighted by atomic mass is 9.91. The van der Waals surface area contributed by atoms with Crippen molar-refractivity contribution in [3.05, 3.63) is 71.3 Å². The summed E-state index contributed by atoms with van der Waals surface area (Å²) in [5, 5.41) is 11.8. The first kappa shape index (κ1) is 20.8. The van der Waals surface area contributed by atoms with E-state index < -0.39 is 29.4 Å². The van der Waals surface area contributed by atoms with Gasteiger partial charge in [0, 0.05) is 17.7 Å². The number of amides is 1. The average Bonchev–Trinajstić information content (AvgIpc) is 2.60. The molecule has 0 fully saturated rings. The van der Waals surface area contributed by atoms with Crippen LogP contribution in [0.2, 0.25) is 0 Å². The maximum Gasteiger partial charge on any atom is 0.430 e. The van der Waals surface area contributed by atoms with Gasteiger partial charge in [0.2, 0.25) is 0 Å². The predicted molar refractivity (Wildman–Crippen MR) is 84.9 cm³/mol. The molecule has 0 radical (unpaired) electrons. The Labute approximate surface area is 150 Å². The summed E-state index contributed by atoms with van der Waals surface area (Å²) >= 11 is 0. The fraction of sp³-hybridized carbons (Fsp3) is 0.278. The van der Waals surface area contributed by atoms with Crippen molar-refractivity contribution in [2.24, 2.45) is 0 Å². The van der Waals surface area contributed by atoms with E-state index in [1.165, 1.54) is 0 Å². The van der Waals surface area contributed by atoms with E-state index in [9.17, 15) is 36.2 Å². The third-order valence-corrected chi connectivity index (χ3v) is 3.93. The molecule has 2 N–H and O–H groups in total. The van der Waals surface area contributed by atoms with Crippen LogP contribution in [-0.4, -0.2) is 29.9 Å². The Kier molecular flexibility index (Phi) is 5.84. The normalized spacial score (nSPS) is 12.7. The number of benzene rings is 2. The Bertz CT molecular complexity index is 755. The van der Waals surface area contributed by atoms with Crippen LogP contribution in [0, 0.1) is 0 Å². The Balaban J connectivity index is 2.10. The highest BCUT2D eigenvalue weighted by atomic mass is 19.4. The highest BCUT2D eigenvalue weighted by Gasteiger charge is 2.71. The third-order valence-electron chi connectivity index (χ3n) is 3.93. The monoisotopic (exact) mass is 391 g/mol. The summed E-state index contributed by atoms with van der Waals surface area (Å²) < 4.78 is 76.9. The zero-order valence-electron chi connectivity index (χ0n) is 13.7. The van der Waals surface area contributed by atoms with E-state index in [0.29, 0.717) is 18.6 Å². The second kappa shape index (κ2) is 7.59. The Hall–Kier alpha value is -2.55. The molecular formula is C18H15F6NO2. The summed E-state index contributed by atoms with van der Waals surface area (Å²) in [6.07, 6.45) is -11.4. The molecular weight excluding hydrogens is 376 g/mol. The van der Waals surface area contributed by atoms with Gasteiger partial charge in [0.15, 0.2) is 0 Å². The van der Waals surface area contributed by atoms with Gasteiger partial charge < -0.3 is 10.4 Å². The Morgan fingerprint density at radius 3 is 1.85 bits per heavy atom. The van der Waals surface area contributed by atoms with E-state index in [1.807, 2.05) is 30.3 Å². The van der Waals surface area contributed by atoms with Crippen molar-refractivity contribution >= 4 is 5.91 Å². The number of aliphatic hydroxyl groups is 1. The van der Waals surface area contributed by atoms with Crippen LogP contribution in [-0.2, 0) is 12.0 Å². The van der Waals surface area contributed by atoms with Crippen LogP contribution in [0.3, 0.4) is 0 Å². The van der Waals surface area contributed by atoms with Crippen LogP contribution in [0.5, 0.6) is 0 Å². The van der Waals surface area contributed by atoms with Crippen molar-refractivity contribution in [1.29, 1.82) is 0 Å². The van der Waals surface area contributed by atoms with Gasteiger partial charge in [0.1, 0.15) is 0 Å². The number of hydrogen-bond donors (Lipinski definition) is 2. The molecule has 2 aromatic carbocycles. The van der Waals surface area contributed by atoms with Gasteiger partial charge in [0.25, 0.3) is 11.5 Å². The summed E-state index contributed by atoms with van der Waals surface area (Å²) in [5.74, 6) is -0.653. The second-order valence-corrected chi connectivity index (χ2v) is 5.77. The fourth-order valence-electron chi connectivity index (χ4n) is 2.42. The van der Waals surface area contributed by atoms with E-state index >= 15 is 0 Å². The van der Waals surface area contributed by atoms with Gasteiger partial charge >= 0.3 is 12.4 Å². The molecule has 0 atom stereocenters. The largest absolute Gasteiger partial charge is 0.430 e. The zero-order chi connectivity index (χ0) is 20.3. The van der Waals surface area contributed by atoms with E-state index in [0.717, 1.165) is 17.7 Å². The minimum atomic E-state index is -5.97. The highest BCUT2D eigenvalue weighted by Crippen LogP contribution is 2.49. The van der Waals surface area contributed by atoms with E-state index in [2.05, 4.69) is 5.32 Å². The maximum atomic E-state index is 12.8. The molecule has 1 amide bonds. The SMILES string of the molecule is O=C(NCCc1ccccc1)c1ccc(C(O)(C(F)(F)F)C(F)(F)F)cc1. The number of carbonyl (C=O) groups excluding carboxylic acids is 1. The highest BCUT2D eigenvalue weighted by molar-refractivity contribution is 5.94. The fourth-order valence-corrected chi connectivity index (χ4v) is 2.42. The molecule has 0 heterocycles. The smallest absolute Gasteiger partial charge is 0.369 e. The van der Waals surface area contributed by atoms with Crippen LogP contribution in [0.4, 0.5) is 26.3 Å². The van der Waals surface area contributed by atoms with Crippen molar-refractivity contribution < 1.29 is 36.2 Å². The standard InChI is InChI=1S/C18H15F6NO2/c19-17(20,21)16(27,18(22,23)24)14-8-6-13(7-9-14)15(26)25-11-10-12-4-2-1-3-5-12/h1-9,27H,10-11H2,(H,25,26). The lowest BCUT2D eigenvalue weighted by Gasteiger charge is -2.32. The van der Waals surface area contributed by atoms with Crippen molar-refractivity contribution in [2.75, 3.05) is 6.54 Å². The summed E-state index contributed by atoms with van der Waals surface area (Å²) in [5.41, 5.74) is -5.60. The molecule has 0 unspecified atom stereocenters. The molecule has 0 saturated carbocycles. The van der Waals surface area contributed by atoms with Crippen LogP contribution in [0.15, 0.2) is 54.6 Å². The van der Waals surface area contributed by atoms with Crippen LogP contribution in [0.1, 0.15) is 21.5 Å². The number of carbonyl (C=O) groups is 1. The lowest BCUT2D eigenvalue weighted by Crippen LogP contribution is -2.53. The Morgan fingerprint density at radius 2 is 1.37 bits per heavy atom. The zero-order valence-corrected chi connectivity index (χ0v) is 13.7. The molecule has 0 spiro atoms. The molecule has 0 bridgehead atoms. The second-order valence-electron chi connectivity index (χ2n) is 5.77. The minimum Gasteiger partial charge on any atom is -0.369 e. The maximum absolute atomic E-state index is 12.8.